The Labute approximate surface area is 141 Å². The van der Waals surface area contributed by atoms with Crippen molar-refractivity contribution in [1.82, 2.24) is 19.6 Å². The molecule has 0 aromatic carbocycles. The molecule has 4 rings (SSSR count). The lowest BCUT2D eigenvalue weighted by molar-refractivity contribution is 0.165. The van der Waals surface area contributed by atoms with Crippen LogP contribution in [0.4, 0.5) is 0 Å². The third kappa shape index (κ3) is 3.43. The Bertz CT molecular complexity index is 754. The Morgan fingerprint density at radius 2 is 2.04 bits per heavy atom. The minimum atomic E-state index is 0.106. The molecule has 0 spiro atoms. The van der Waals surface area contributed by atoms with E-state index in [0.717, 1.165) is 50.5 Å². The number of likely N-dealkylation sites (tertiary alicyclic amines) is 1. The normalized spacial score (nSPS) is 19.7. The van der Waals surface area contributed by atoms with Crippen LogP contribution >= 0.6 is 0 Å². The molecule has 6 heteroatoms. The Morgan fingerprint density at radius 1 is 1.25 bits per heavy atom. The highest BCUT2D eigenvalue weighted by molar-refractivity contribution is 5.13. The van der Waals surface area contributed by atoms with Gasteiger partial charge in [-0.1, -0.05) is 5.16 Å². The first kappa shape index (κ1) is 15.6. The standard InChI is InChI=1S/C18H24N4O2/c1-13-16(9-20-24-13)11-21-6-4-14(5-7-21)10-22-12-19-17(8-18(22)23)15-2-3-15/h8-9,12,14-15H,2-7,10-11H2,1H3. The van der Waals surface area contributed by atoms with Crippen molar-refractivity contribution < 1.29 is 4.52 Å². The minimum absolute atomic E-state index is 0.106. The number of hydrogen-bond acceptors (Lipinski definition) is 5. The molecule has 1 aliphatic carbocycles. The molecule has 2 fully saturated rings. The predicted molar refractivity (Wildman–Crippen MR) is 89.7 cm³/mol. The fourth-order valence-electron chi connectivity index (χ4n) is 3.50. The third-order valence-corrected chi connectivity index (χ3v) is 5.30. The van der Waals surface area contributed by atoms with Gasteiger partial charge >= 0.3 is 0 Å². The maximum atomic E-state index is 12.3. The average molecular weight is 328 g/mol. The molecule has 128 valence electrons. The summed E-state index contributed by atoms with van der Waals surface area (Å²) in [6, 6.07) is 1.74. The molecule has 6 nitrogen and oxygen atoms in total. The van der Waals surface area contributed by atoms with E-state index in [1.54, 1.807) is 17.0 Å². The second-order valence-corrected chi connectivity index (χ2v) is 7.21. The summed E-state index contributed by atoms with van der Waals surface area (Å²) in [4.78, 5) is 19.2. The van der Waals surface area contributed by atoms with Crippen molar-refractivity contribution in [2.75, 3.05) is 13.1 Å². The van der Waals surface area contributed by atoms with E-state index in [2.05, 4.69) is 15.0 Å². The van der Waals surface area contributed by atoms with Gasteiger partial charge in [0.1, 0.15) is 5.76 Å². The number of nitrogens with zero attached hydrogens (tertiary/aromatic N) is 4. The number of hydrogen-bond donors (Lipinski definition) is 0. The van der Waals surface area contributed by atoms with Gasteiger partial charge in [0.15, 0.2) is 0 Å². The molecule has 1 saturated carbocycles. The summed E-state index contributed by atoms with van der Waals surface area (Å²) >= 11 is 0. The highest BCUT2D eigenvalue weighted by Gasteiger charge is 2.26. The van der Waals surface area contributed by atoms with E-state index in [4.69, 9.17) is 4.52 Å². The summed E-state index contributed by atoms with van der Waals surface area (Å²) in [6.07, 6.45) is 8.15. The van der Waals surface area contributed by atoms with Gasteiger partial charge in [-0.2, -0.15) is 0 Å². The molecule has 1 saturated heterocycles. The van der Waals surface area contributed by atoms with Crippen molar-refractivity contribution >= 4 is 0 Å². The van der Waals surface area contributed by atoms with Gasteiger partial charge in [-0.15, -0.1) is 0 Å². The Kier molecular flexibility index (Phi) is 4.22. The van der Waals surface area contributed by atoms with Gasteiger partial charge in [-0.25, -0.2) is 4.98 Å². The summed E-state index contributed by atoms with van der Waals surface area (Å²) in [5.74, 6) is 2.00. The lowest BCUT2D eigenvalue weighted by Gasteiger charge is -2.31. The van der Waals surface area contributed by atoms with Gasteiger partial charge in [0.2, 0.25) is 0 Å². The topological polar surface area (TPSA) is 64.2 Å². The third-order valence-electron chi connectivity index (χ3n) is 5.30. The van der Waals surface area contributed by atoms with Gasteiger partial charge in [0, 0.05) is 30.6 Å². The minimum Gasteiger partial charge on any atom is -0.361 e. The average Bonchev–Trinajstić information content (AvgIpc) is 3.36. The van der Waals surface area contributed by atoms with E-state index in [1.165, 1.54) is 18.4 Å². The van der Waals surface area contributed by atoms with Gasteiger partial charge in [0.05, 0.1) is 18.2 Å². The van der Waals surface area contributed by atoms with Crippen molar-refractivity contribution in [3.63, 3.8) is 0 Å². The highest BCUT2D eigenvalue weighted by Crippen LogP contribution is 2.38. The number of aryl methyl sites for hydroxylation is 1. The first-order valence-electron chi connectivity index (χ1n) is 8.88. The lowest BCUT2D eigenvalue weighted by atomic mass is 9.96. The predicted octanol–water partition coefficient (Wildman–Crippen LogP) is 2.33. The molecule has 2 aromatic rings. The van der Waals surface area contributed by atoms with Crippen LogP contribution < -0.4 is 5.56 Å². The van der Waals surface area contributed by atoms with Gasteiger partial charge in [-0.05, 0) is 51.6 Å². The van der Waals surface area contributed by atoms with Crippen LogP contribution in [0.5, 0.6) is 0 Å². The molecule has 2 aliphatic rings. The van der Waals surface area contributed by atoms with Gasteiger partial charge in [-0.3, -0.25) is 14.3 Å². The lowest BCUT2D eigenvalue weighted by Crippen LogP contribution is -2.36. The maximum Gasteiger partial charge on any atom is 0.253 e. The largest absolute Gasteiger partial charge is 0.361 e. The Balaban J connectivity index is 1.31. The summed E-state index contributed by atoms with van der Waals surface area (Å²) in [7, 11) is 0. The van der Waals surface area contributed by atoms with Crippen molar-refractivity contribution in [2.24, 2.45) is 5.92 Å². The van der Waals surface area contributed by atoms with E-state index < -0.39 is 0 Å². The zero-order valence-electron chi connectivity index (χ0n) is 14.1. The van der Waals surface area contributed by atoms with Crippen molar-refractivity contribution in [1.29, 1.82) is 0 Å². The second kappa shape index (κ2) is 6.51. The van der Waals surface area contributed by atoms with Crippen LogP contribution in [0.1, 0.15) is 48.6 Å². The van der Waals surface area contributed by atoms with Crippen LogP contribution in [0, 0.1) is 12.8 Å². The summed E-state index contributed by atoms with van der Waals surface area (Å²) in [5.41, 5.74) is 2.26. The molecule has 2 aromatic heterocycles. The van der Waals surface area contributed by atoms with Crippen molar-refractivity contribution in [2.45, 2.75) is 51.6 Å². The monoisotopic (exact) mass is 328 g/mol. The Hall–Kier alpha value is -1.95. The van der Waals surface area contributed by atoms with Crippen LogP contribution in [0.25, 0.3) is 0 Å². The molecule has 24 heavy (non-hydrogen) atoms. The molecule has 0 amide bonds. The van der Waals surface area contributed by atoms with E-state index in [9.17, 15) is 4.79 Å². The van der Waals surface area contributed by atoms with Crippen molar-refractivity contribution in [3.8, 4) is 0 Å². The number of rotatable bonds is 5. The first-order valence-corrected chi connectivity index (χ1v) is 8.88. The van der Waals surface area contributed by atoms with Crippen LogP contribution in [0.15, 0.2) is 27.9 Å². The molecule has 3 heterocycles. The van der Waals surface area contributed by atoms with E-state index in [-0.39, 0.29) is 5.56 Å². The number of piperidine rings is 1. The van der Waals surface area contributed by atoms with E-state index in [0.29, 0.717) is 11.8 Å². The van der Waals surface area contributed by atoms with E-state index in [1.807, 2.05) is 13.1 Å². The van der Waals surface area contributed by atoms with Crippen LogP contribution in [0.2, 0.25) is 0 Å². The van der Waals surface area contributed by atoms with Crippen LogP contribution in [-0.2, 0) is 13.1 Å². The summed E-state index contributed by atoms with van der Waals surface area (Å²) < 4.78 is 6.92. The zero-order chi connectivity index (χ0) is 16.5. The maximum absolute atomic E-state index is 12.3. The fraction of sp³-hybridized carbons (Fsp3) is 0.611. The molecule has 0 N–H and O–H groups in total. The number of aromatic nitrogens is 3. The molecule has 0 radical (unpaired) electrons. The summed E-state index contributed by atoms with van der Waals surface area (Å²) in [6.45, 7) is 5.76. The Morgan fingerprint density at radius 3 is 2.67 bits per heavy atom. The summed E-state index contributed by atoms with van der Waals surface area (Å²) in [5, 5.41) is 3.84. The van der Waals surface area contributed by atoms with Crippen molar-refractivity contribution in [3.05, 3.63) is 46.0 Å². The molecule has 0 atom stereocenters. The quantitative estimate of drug-likeness (QED) is 0.843. The zero-order valence-corrected chi connectivity index (χ0v) is 14.1. The highest BCUT2D eigenvalue weighted by atomic mass is 16.5. The smallest absolute Gasteiger partial charge is 0.253 e. The van der Waals surface area contributed by atoms with Gasteiger partial charge < -0.3 is 4.52 Å². The molecular weight excluding hydrogens is 304 g/mol. The molecular formula is C18H24N4O2. The second-order valence-electron chi connectivity index (χ2n) is 7.21. The first-order chi connectivity index (χ1) is 11.7. The van der Waals surface area contributed by atoms with E-state index >= 15 is 0 Å². The molecule has 0 unspecified atom stereocenters. The SMILES string of the molecule is Cc1oncc1CN1CCC(Cn2cnc(C3CC3)cc2=O)CC1. The fourth-order valence-corrected chi connectivity index (χ4v) is 3.50. The molecule has 0 bridgehead atoms. The van der Waals surface area contributed by atoms with Gasteiger partial charge in [0.25, 0.3) is 5.56 Å². The van der Waals surface area contributed by atoms with Crippen LogP contribution in [-0.4, -0.2) is 32.7 Å². The van der Waals surface area contributed by atoms with Crippen LogP contribution in [0.3, 0.4) is 0 Å². The molecule has 1 aliphatic heterocycles.